The molecule has 0 aliphatic carbocycles. The first-order chi connectivity index (χ1) is 12.2. The molecule has 2 N–H and O–H groups in total. The standard InChI is InChI=1S/C19H24N4O2.ClH/c24-18(21-12-10-15-5-4-11-20-13-15)14-23-19(25)9-8-17(22-23)16-6-2-1-3-7-16;/h1-3,6-9,15,20H,4-5,10-14H2,(H,21,24);1H. The molecule has 7 heteroatoms. The summed E-state index contributed by atoms with van der Waals surface area (Å²) in [6.45, 7) is 2.70. The van der Waals surface area contributed by atoms with Crippen LogP contribution in [-0.2, 0) is 11.3 Å². The van der Waals surface area contributed by atoms with Gasteiger partial charge in [-0.15, -0.1) is 12.4 Å². The summed E-state index contributed by atoms with van der Waals surface area (Å²) in [4.78, 5) is 24.1. The highest BCUT2D eigenvalue weighted by Gasteiger charge is 2.13. The summed E-state index contributed by atoms with van der Waals surface area (Å²) >= 11 is 0. The number of piperidine rings is 1. The molecule has 1 fully saturated rings. The summed E-state index contributed by atoms with van der Waals surface area (Å²) in [5.74, 6) is 0.444. The maximum atomic E-state index is 12.1. The molecule has 1 aromatic heterocycles. The van der Waals surface area contributed by atoms with Gasteiger partial charge in [0.25, 0.3) is 5.56 Å². The molecule has 3 rings (SSSR count). The second-order valence-electron chi connectivity index (χ2n) is 6.43. The minimum Gasteiger partial charge on any atom is -0.354 e. The third kappa shape index (κ3) is 5.68. The summed E-state index contributed by atoms with van der Waals surface area (Å²) in [7, 11) is 0. The molecular formula is C19H25ClN4O2. The lowest BCUT2D eigenvalue weighted by Gasteiger charge is -2.22. The van der Waals surface area contributed by atoms with Crippen LogP contribution in [0.5, 0.6) is 0 Å². The molecular weight excluding hydrogens is 352 g/mol. The fourth-order valence-electron chi connectivity index (χ4n) is 3.10. The fourth-order valence-corrected chi connectivity index (χ4v) is 3.10. The predicted octanol–water partition coefficient (Wildman–Crippen LogP) is 1.84. The van der Waals surface area contributed by atoms with Gasteiger partial charge in [-0.05, 0) is 44.3 Å². The van der Waals surface area contributed by atoms with Crippen molar-refractivity contribution in [2.45, 2.75) is 25.8 Å². The first-order valence-electron chi connectivity index (χ1n) is 8.83. The smallest absolute Gasteiger partial charge is 0.267 e. The predicted molar refractivity (Wildman–Crippen MR) is 104 cm³/mol. The summed E-state index contributed by atoms with van der Waals surface area (Å²) < 4.78 is 1.22. The van der Waals surface area contributed by atoms with E-state index in [0.717, 1.165) is 25.1 Å². The van der Waals surface area contributed by atoms with Crippen molar-refractivity contribution < 1.29 is 4.79 Å². The Balaban J connectivity index is 0.00000243. The molecule has 1 unspecified atom stereocenters. The summed E-state index contributed by atoms with van der Waals surface area (Å²) in [5.41, 5.74) is 1.33. The minimum atomic E-state index is -0.272. The van der Waals surface area contributed by atoms with Crippen molar-refractivity contribution in [2.24, 2.45) is 5.92 Å². The van der Waals surface area contributed by atoms with Crippen LogP contribution in [-0.4, -0.2) is 35.3 Å². The molecule has 1 saturated heterocycles. The molecule has 0 radical (unpaired) electrons. The molecule has 0 spiro atoms. The molecule has 0 saturated carbocycles. The first kappa shape index (κ1) is 20.1. The van der Waals surface area contributed by atoms with Gasteiger partial charge in [-0.3, -0.25) is 9.59 Å². The van der Waals surface area contributed by atoms with Crippen molar-refractivity contribution in [3.63, 3.8) is 0 Å². The van der Waals surface area contributed by atoms with Gasteiger partial charge in [-0.25, -0.2) is 4.68 Å². The van der Waals surface area contributed by atoms with Crippen molar-refractivity contribution in [1.82, 2.24) is 20.4 Å². The van der Waals surface area contributed by atoms with Gasteiger partial charge in [-0.1, -0.05) is 30.3 Å². The number of carbonyl (C=O) groups is 1. The van der Waals surface area contributed by atoms with E-state index < -0.39 is 0 Å². The second kappa shape index (κ2) is 10.1. The third-order valence-electron chi connectivity index (χ3n) is 4.50. The van der Waals surface area contributed by atoms with Crippen LogP contribution in [0.1, 0.15) is 19.3 Å². The lowest BCUT2D eigenvalue weighted by molar-refractivity contribution is -0.121. The van der Waals surface area contributed by atoms with E-state index in [1.165, 1.54) is 23.6 Å². The number of aromatic nitrogens is 2. The van der Waals surface area contributed by atoms with E-state index >= 15 is 0 Å². The Morgan fingerprint density at radius 2 is 2.04 bits per heavy atom. The Labute approximate surface area is 159 Å². The summed E-state index contributed by atoms with van der Waals surface area (Å²) in [5, 5.41) is 10.6. The Hall–Kier alpha value is -2.18. The lowest BCUT2D eigenvalue weighted by Crippen LogP contribution is -2.36. The highest BCUT2D eigenvalue weighted by molar-refractivity contribution is 5.85. The highest BCUT2D eigenvalue weighted by atomic mass is 35.5. The second-order valence-corrected chi connectivity index (χ2v) is 6.43. The van der Waals surface area contributed by atoms with Gasteiger partial charge in [-0.2, -0.15) is 5.10 Å². The van der Waals surface area contributed by atoms with Gasteiger partial charge in [0, 0.05) is 18.2 Å². The van der Waals surface area contributed by atoms with E-state index in [1.54, 1.807) is 6.07 Å². The minimum absolute atomic E-state index is 0. The lowest BCUT2D eigenvalue weighted by atomic mass is 9.96. The molecule has 1 amide bonds. The molecule has 2 heterocycles. The maximum Gasteiger partial charge on any atom is 0.267 e. The summed E-state index contributed by atoms with van der Waals surface area (Å²) in [6.07, 6.45) is 3.37. The topological polar surface area (TPSA) is 76.0 Å². The molecule has 140 valence electrons. The summed E-state index contributed by atoms with van der Waals surface area (Å²) in [6, 6.07) is 12.7. The van der Waals surface area contributed by atoms with Gasteiger partial charge in [0.15, 0.2) is 0 Å². The Morgan fingerprint density at radius 1 is 1.23 bits per heavy atom. The monoisotopic (exact) mass is 376 g/mol. The van der Waals surface area contributed by atoms with E-state index in [0.29, 0.717) is 18.2 Å². The number of benzene rings is 1. The number of amides is 1. The fraction of sp³-hybridized carbons (Fsp3) is 0.421. The molecule has 26 heavy (non-hydrogen) atoms. The molecule has 1 atom stereocenters. The number of rotatable bonds is 6. The average Bonchev–Trinajstić information content (AvgIpc) is 2.65. The van der Waals surface area contributed by atoms with Crippen molar-refractivity contribution in [3.8, 4) is 11.3 Å². The van der Waals surface area contributed by atoms with Crippen molar-refractivity contribution in [2.75, 3.05) is 19.6 Å². The van der Waals surface area contributed by atoms with Crippen LogP contribution in [0.4, 0.5) is 0 Å². The zero-order valence-electron chi connectivity index (χ0n) is 14.7. The molecule has 1 aliphatic rings. The normalized spacial score (nSPS) is 16.5. The molecule has 0 bridgehead atoms. The van der Waals surface area contributed by atoms with E-state index in [2.05, 4.69) is 15.7 Å². The van der Waals surface area contributed by atoms with Crippen LogP contribution in [0, 0.1) is 5.92 Å². The quantitative estimate of drug-likeness (QED) is 0.806. The van der Waals surface area contributed by atoms with Crippen molar-refractivity contribution >= 4 is 18.3 Å². The van der Waals surface area contributed by atoms with Crippen molar-refractivity contribution in [1.29, 1.82) is 0 Å². The van der Waals surface area contributed by atoms with E-state index in [1.807, 2.05) is 30.3 Å². The Bertz CT molecular complexity index is 758. The largest absolute Gasteiger partial charge is 0.354 e. The Kier molecular flexibility index (Phi) is 7.81. The van der Waals surface area contributed by atoms with Gasteiger partial charge >= 0.3 is 0 Å². The number of halogens is 1. The van der Waals surface area contributed by atoms with Crippen molar-refractivity contribution in [3.05, 3.63) is 52.8 Å². The van der Waals surface area contributed by atoms with Gasteiger partial charge in [0.1, 0.15) is 6.54 Å². The Morgan fingerprint density at radius 3 is 2.77 bits per heavy atom. The van der Waals surface area contributed by atoms with Gasteiger partial charge in [0.05, 0.1) is 5.69 Å². The number of hydrogen-bond acceptors (Lipinski definition) is 4. The van der Waals surface area contributed by atoms with Crippen LogP contribution >= 0.6 is 12.4 Å². The maximum absolute atomic E-state index is 12.1. The SMILES string of the molecule is Cl.O=C(Cn1nc(-c2ccccc2)ccc1=O)NCCC1CCCNC1. The number of nitrogens with one attached hydrogen (secondary N) is 2. The molecule has 6 nitrogen and oxygen atoms in total. The molecule has 1 aliphatic heterocycles. The van der Waals surface area contributed by atoms with Crippen LogP contribution in [0.2, 0.25) is 0 Å². The van der Waals surface area contributed by atoms with Crippen LogP contribution in [0.25, 0.3) is 11.3 Å². The van der Waals surface area contributed by atoms with E-state index in [9.17, 15) is 9.59 Å². The van der Waals surface area contributed by atoms with E-state index in [-0.39, 0.29) is 30.4 Å². The van der Waals surface area contributed by atoms with Crippen LogP contribution < -0.4 is 16.2 Å². The van der Waals surface area contributed by atoms with Gasteiger partial charge < -0.3 is 10.6 Å². The zero-order chi connectivity index (χ0) is 17.5. The molecule has 2 aromatic rings. The van der Waals surface area contributed by atoms with E-state index in [4.69, 9.17) is 0 Å². The zero-order valence-corrected chi connectivity index (χ0v) is 15.5. The first-order valence-corrected chi connectivity index (χ1v) is 8.83. The number of hydrogen-bond donors (Lipinski definition) is 2. The highest BCUT2D eigenvalue weighted by Crippen LogP contribution is 2.14. The number of nitrogens with zero attached hydrogens (tertiary/aromatic N) is 2. The number of carbonyl (C=O) groups excluding carboxylic acids is 1. The molecule has 1 aromatic carbocycles. The van der Waals surface area contributed by atoms with Gasteiger partial charge in [0.2, 0.25) is 5.91 Å². The third-order valence-corrected chi connectivity index (χ3v) is 4.50. The average molecular weight is 377 g/mol. The van der Waals surface area contributed by atoms with Crippen LogP contribution in [0.3, 0.4) is 0 Å². The van der Waals surface area contributed by atoms with Crippen LogP contribution in [0.15, 0.2) is 47.3 Å².